The van der Waals surface area contributed by atoms with Crippen LogP contribution in [0.15, 0.2) is 91.0 Å². The van der Waals surface area contributed by atoms with Crippen molar-refractivity contribution >= 4 is 16.0 Å². The lowest BCUT2D eigenvalue weighted by Crippen LogP contribution is -2.59. The fourth-order valence-electron chi connectivity index (χ4n) is 3.89. The first-order valence-corrected chi connectivity index (χ1v) is 11.2. The number of carboxylic acids is 1. The maximum Gasteiger partial charge on any atom is 0.324 e. The summed E-state index contributed by atoms with van der Waals surface area (Å²) in [6.45, 7) is -0.878. The minimum atomic E-state index is -4.13. The molecule has 0 amide bonds. The van der Waals surface area contributed by atoms with Gasteiger partial charge in [0, 0.05) is 0 Å². The molecule has 0 saturated carbocycles. The Morgan fingerprint density at radius 3 is 1.40 bits per heavy atom. The number of benzene rings is 3. The summed E-state index contributed by atoms with van der Waals surface area (Å²) >= 11 is 0. The van der Waals surface area contributed by atoms with Crippen molar-refractivity contribution < 1.29 is 23.4 Å². The van der Waals surface area contributed by atoms with Gasteiger partial charge in [-0.3, -0.25) is 4.79 Å². The zero-order valence-electron chi connectivity index (χ0n) is 16.4. The summed E-state index contributed by atoms with van der Waals surface area (Å²) in [5, 5.41) is 19.8. The van der Waals surface area contributed by atoms with Crippen molar-refractivity contribution in [2.24, 2.45) is 0 Å². The first-order chi connectivity index (χ1) is 14.3. The lowest BCUT2D eigenvalue weighted by molar-refractivity contribution is -0.144. The molecule has 0 aliphatic heterocycles. The van der Waals surface area contributed by atoms with Crippen molar-refractivity contribution in [3.63, 3.8) is 0 Å². The Balaban J connectivity index is 2.54. The molecule has 0 bridgehead atoms. The second-order valence-electron chi connectivity index (χ2n) is 6.90. The van der Waals surface area contributed by atoms with Crippen molar-refractivity contribution in [1.82, 2.24) is 4.31 Å². The largest absolute Gasteiger partial charge is 0.480 e. The molecular formula is C23H23NO5S. The van der Waals surface area contributed by atoms with E-state index in [0.29, 0.717) is 16.7 Å². The van der Waals surface area contributed by atoms with Crippen molar-refractivity contribution in [2.45, 2.75) is 11.6 Å². The molecule has 2 N–H and O–H groups in total. The van der Waals surface area contributed by atoms with Crippen LogP contribution in [-0.4, -0.2) is 47.8 Å². The van der Waals surface area contributed by atoms with E-state index >= 15 is 0 Å². The summed E-state index contributed by atoms with van der Waals surface area (Å²) in [6, 6.07) is 24.9. The fraction of sp³-hybridized carbons (Fsp3) is 0.174. The molecule has 0 aromatic heterocycles. The second-order valence-corrected chi connectivity index (χ2v) is 8.76. The van der Waals surface area contributed by atoms with Crippen LogP contribution < -0.4 is 0 Å². The highest BCUT2D eigenvalue weighted by Crippen LogP contribution is 2.44. The molecule has 0 saturated heterocycles. The first kappa shape index (κ1) is 21.7. The summed E-state index contributed by atoms with van der Waals surface area (Å²) in [4.78, 5) is 12.1. The van der Waals surface area contributed by atoms with Crippen LogP contribution in [0.2, 0.25) is 0 Å². The molecule has 3 aromatic carbocycles. The Morgan fingerprint density at radius 2 is 1.17 bits per heavy atom. The van der Waals surface area contributed by atoms with E-state index in [-0.39, 0.29) is 0 Å². The minimum absolute atomic E-state index is 0.563. The summed E-state index contributed by atoms with van der Waals surface area (Å²) in [7, 11) is -4.13. The van der Waals surface area contributed by atoms with Gasteiger partial charge in [0.25, 0.3) is 0 Å². The lowest BCUT2D eigenvalue weighted by atomic mass is 9.76. The van der Waals surface area contributed by atoms with Crippen LogP contribution in [0.1, 0.15) is 16.7 Å². The number of hydrogen-bond acceptors (Lipinski definition) is 4. The molecule has 0 heterocycles. The van der Waals surface area contributed by atoms with Gasteiger partial charge < -0.3 is 10.2 Å². The standard InChI is InChI=1S/C23H23NO5S/c1-30(28,29)24(21(17-25)22(26)27)23(18-11-5-2-6-12-18,19-13-7-3-8-14-19)20-15-9-4-10-16-20/h2-16,21,25H,17H2,1H3,(H,26,27). The van der Waals surface area contributed by atoms with Crippen LogP contribution in [0.4, 0.5) is 0 Å². The molecule has 3 rings (SSSR count). The molecule has 30 heavy (non-hydrogen) atoms. The molecule has 0 radical (unpaired) electrons. The van der Waals surface area contributed by atoms with E-state index in [4.69, 9.17) is 0 Å². The van der Waals surface area contributed by atoms with Crippen LogP contribution in [0.3, 0.4) is 0 Å². The Hall–Kier alpha value is -3.00. The molecule has 0 aliphatic rings. The molecule has 6 nitrogen and oxygen atoms in total. The highest BCUT2D eigenvalue weighted by atomic mass is 32.2. The molecule has 1 unspecified atom stereocenters. The number of carboxylic acid groups (broad SMARTS) is 1. The number of carbonyl (C=O) groups is 1. The van der Waals surface area contributed by atoms with Crippen LogP contribution in [0, 0.1) is 0 Å². The Labute approximate surface area is 176 Å². The van der Waals surface area contributed by atoms with Crippen LogP contribution in [0.5, 0.6) is 0 Å². The number of aliphatic carboxylic acids is 1. The van der Waals surface area contributed by atoms with E-state index < -0.39 is 34.2 Å². The number of nitrogens with zero attached hydrogens (tertiary/aromatic N) is 1. The molecule has 7 heteroatoms. The van der Waals surface area contributed by atoms with Gasteiger partial charge in [-0.1, -0.05) is 91.0 Å². The third kappa shape index (κ3) is 3.87. The van der Waals surface area contributed by atoms with Gasteiger partial charge >= 0.3 is 5.97 Å². The van der Waals surface area contributed by atoms with E-state index in [1.54, 1.807) is 91.0 Å². The van der Waals surface area contributed by atoms with Crippen molar-refractivity contribution in [3.8, 4) is 0 Å². The fourth-order valence-corrected chi connectivity index (χ4v) is 5.32. The topological polar surface area (TPSA) is 94.9 Å². The molecular weight excluding hydrogens is 402 g/mol. The van der Waals surface area contributed by atoms with Gasteiger partial charge in [-0.15, -0.1) is 0 Å². The smallest absolute Gasteiger partial charge is 0.324 e. The van der Waals surface area contributed by atoms with Gasteiger partial charge in [0.2, 0.25) is 10.0 Å². The molecule has 0 spiro atoms. The summed E-state index contributed by atoms with van der Waals surface area (Å²) < 4.78 is 27.2. The predicted octanol–water partition coefficient (Wildman–Crippen LogP) is 2.69. The molecule has 1 atom stereocenters. The number of hydrogen-bond donors (Lipinski definition) is 2. The van der Waals surface area contributed by atoms with E-state index in [9.17, 15) is 23.4 Å². The Morgan fingerprint density at radius 1 is 0.833 bits per heavy atom. The van der Waals surface area contributed by atoms with Gasteiger partial charge in [0.05, 0.1) is 12.9 Å². The second kappa shape index (κ2) is 8.79. The Bertz CT molecular complexity index is 990. The van der Waals surface area contributed by atoms with Gasteiger partial charge in [-0.25, -0.2) is 8.42 Å². The van der Waals surface area contributed by atoms with Gasteiger partial charge in [0.1, 0.15) is 11.6 Å². The van der Waals surface area contributed by atoms with Crippen molar-refractivity contribution in [2.75, 3.05) is 12.9 Å². The third-order valence-electron chi connectivity index (χ3n) is 5.00. The number of aliphatic hydroxyl groups is 1. The average molecular weight is 426 g/mol. The molecule has 0 aliphatic carbocycles. The first-order valence-electron chi connectivity index (χ1n) is 9.33. The number of sulfonamides is 1. The average Bonchev–Trinajstić information content (AvgIpc) is 2.75. The summed E-state index contributed by atoms with van der Waals surface area (Å²) in [5.41, 5.74) is 0.177. The Kier molecular flexibility index (Phi) is 6.36. The normalized spacial score (nSPS) is 13.2. The zero-order chi connectivity index (χ0) is 21.8. The van der Waals surface area contributed by atoms with Gasteiger partial charge in [-0.05, 0) is 16.7 Å². The zero-order valence-corrected chi connectivity index (χ0v) is 17.2. The van der Waals surface area contributed by atoms with Crippen LogP contribution in [0.25, 0.3) is 0 Å². The van der Waals surface area contributed by atoms with Gasteiger partial charge in [0.15, 0.2) is 0 Å². The number of rotatable bonds is 8. The van der Waals surface area contributed by atoms with Crippen LogP contribution in [-0.2, 0) is 20.4 Å². The van der Waals surface area contributed by atoms with Crippen molar-refractivity contribution in [3.05, 3.63) is 108 Å². The highest BCUT2D eigenvalue weighted by Gasteiger charge is 2.51. The highest BCUT2D eigenvalue weighted by molar-refractivity contribution is 7.88. The van der Waals surface area contributed by atoms with Gasteiger partial charge in [-0.2, -0.15) is 4.31 Å². The quantitative estimate of drug-likeness (QED) is 0.541. The molecule has 3 aromatic rings. The maximum absolute atomic E-state index is 13.2. The van der Waals surface area contributed by atoms with Crippen LogP contribution >= 0.6 is 0 Å². The minimum Gasteiger partial charge on any atom is -0.480 e. The van der Waals surface area contributed by atoms with Crippen molar-refractivity contribution in [1.29, 1.82) is 0 Å². The SMILES string of the molecule is CS(=O)(=O)N(C(CO)C(=O)O)C(c1ccccc1)(c1ccccc1)c1ccccc1. The summed E-state index contributed by atoms with van der Waals surface area (Å²) in [5.74, 6) is -1.44. The van der Waals surface area contributed by atoms with E-state index in [1.807, 2.05) is 0 Å². The third-order valence-corrected chi connectivity index (χ3v) is 6.25. The maximum atomic E-state index is 13.2. The summed E-state index contributed by atoms with van der Waals surface area (Å²) in [6.07, 6.45) is 0.960. The van der Waals surface area contributed by atoms with E-state index in [0.717, 1.165) is 10.6 Å². The molecule has 0 fully saturated rings. The van der Waals surface area contributed by atoms with E-state index in [2.05, 4.69) is 0 Å². The predicted molar refractivity (Wildman–Crippen MR) is 114 cm³/mol. The van der Waals surface area contributed by atoms with E-state index in [1.165, 1.54) is 0 Å². The molecule has 156 valence electrons. The monoisotopic (exact) mass is 425 g/mol. The number of aliphatic hydroxyl groups excluding tert-OH is 1. The lowest BCUT2D eigenvalue weighted by Gasteiger charge is -2.45.